The molecular weight excluding hydrogens is 292 g/mol. The van der Waals surface area contributed by atoms with Crippen LogP contribution in [0.4, 0.5) is 0 Å². The van der Waals surface area contributed by atoms with Gasteiger partial charge >= 0.3 is 0 Å². The van der Waals surface area contributed by atoms with Crippen molar-refractivity contribution in [3.63, 3.8) is 0 Å². The van der Waals surface area contributed by atoms with Gasteiger partial charge < -0.3 is 4.74 Å². The van der Waals surface area contributed by atoms with E-state index in [0.717, 1.165) is 27.2 Å². The average Bonchev–Trinajstić information content (AvgIpc) is 2.90. The molecule has 0 amide bonds. The molecule has 20 heavy (non-hydrogen) atoms. The lowest BCUT2D eigenvalue weighted by Gasteiger charge is -2.03. The molecule has 2 aromatic heterocycles. The van der Waals surface area contributed by atoms with Gasteiger partial charge in [-0.05, 0) is 5.56 Å². The van der Waals surface area contributed by atoms with Crippen LogP contribution < -0.4 is 0 Å². The number of thiophene rings is 1. The Morgan fingerprint density at radius 2 is 2.00 bits per heavy atom. The fraction of sp³-hybridized carbons (Fsp3) is 0.200. The number of fused-ring (bicyclic) bond motifs is 1. The number of ether oxygens (including phenoxy) is 1. The van der Waals surface area contributed by atoms with Gasteiger partial charge in [-0.2, -0.15) is 0 Å². The molecule has 0 aliphatic rings. The van der Waals surface area contributed by atoms with Gasteiger partial charge in [0.15, 0.2) is 0 Å². The van der Waals surface area contributed by atoms with Crippen LogP contribution in [0.2, 0.25) is 5.15 Å². The summed E-state index contributed by atoms with van der Waals surface area (Å²) in [6.07, 6.45) is 0.671. The zero-order chi connectivity index (χ0) is 13.9. The fourth-order valence-corrected chi connectivity index (χ4v) is 3.39. The van der Waals surface area contributed by atoms with Crippen LogP contribution in [0, 0.1) is 0 Å². The Balaban J connectivity index is 2.09. The standard InChI is InChI=1S/C15H13ClN2OS/c1-19-8-7-12-17-14(16)13-11(9-20-15(13)18-12)10-5-3-2-4-6-10/h2-6,9H,7-8H2,1H3. The SMILES string of the molecule is COCCc1nc(Cl)c2c(-c3ccccc3)csc2n1. The number of nitrogens with zero attached hydrogens (tertiary/aromatic N) is 2. The molecule has 0 saturated heterocycles. The molecule has 0 N–H and O–H groups in total. The Morgan fingerprint density at radius 1 is 1.20 bits per heavy atom. The Kier molecular flexibility index (Phi) is 3.96. The molecule has 5 heteroatoms. The lowest BCUT2D eigenvalue weighted by molar-refractivity contribution is 0.200. The van der Waals surface area contributed by atoms with Crippen molar-refractivity contribution >= 4 is 33.2 Å². The van der Waals surface area contributed by atoms with Crippen LogP contribution in [0.5, 0.6) is 0 Å². The second kappa shape index (κ2) is 5.87. The first-order chi connectivity index (χ1) is 9.79. The van der Waals surface area contributed by atoms with Gasteiger partial charge in [0.1, 0.15) is 15.8 Å². The van der Waals surface area contributed by atoms with Crippen molar-refractivity contribution in [2.75, 3.05) is 13.7 Å². The van der Waals surface area contributed by atoms with Crippen molar-refractivity contribution in [1.29, 1.82) is 0 Å². The summed E-state index contributed by atoms with van der Waals surface area (Å²) in [4.78, 5) is 9.87. The van der Waals surface area contributed by atoms with Crippen molar-refractivity contribution in [3.8, 4) is 11.1 Å². The molecule has 0 saturated carbocycles. The van der Waals surface area contributed by atoms with E-state index < -0.39 is 0 Å². The predicted octanol–water partition coefficient (Wildman–Crippen LogP) is 4.20. The number of aromatic nitrogens is 2. The van der Waals surface area contributed by atoms with Gasteiger partial charge in [-0.15, -0.1) is 11.3 Å². The molecule has 0 bridgehead atoms. The van der Waals surface area contributed by atoms with Crippen molar-refractivity contribution < 1.29 is 4.74 Å². The van der Waals surface area contributed by atoms with Gasteiger partial charge in [0.25, 0.3) is 0 Å². The summed E-state index contributed by atoms with van der Waals surface area (Å²) >= 11 is 7.95. The second-order valence-electron chi connectivity index (χ2n) is 4.37. The topological polar surface area (TPSA) is 35.0 Å². The van der Waals surface area contributed by atoms with Gasteiger partial charge in [0.05, 0.1) is 12.0 Å². The lowest BCUT2D eigenvalue weighted by Crippen LogP contribution is -2.00. The molecule has 0 spiro atoms. The molecule has 1 aromatic carbocycles. The molecule has 2 heterocycles. The minimum Gasteiger partial charge on any atom is -0.384 e. The molecule has 102 valence electrons. The number of hydrogen-bond acceptors (Lipinski definition) is 4. The van der Waals surface area contributed by atoms with E-state index in [4.69, 9.17) is 16.3 Å². The summed E-state index contributed by atoms with van der Waals surface area (Å²) in [5.41, 5.74) is 2.22. The predicted molar refractivity (Wildman–Crippen MR) is 83.4 cm³/mol. The van der Waals surface area contributed by atoms with E-state index in [1.807, 2.05) is 18.2 Å². The van der Waals surface area contributed by atoms with E-state index in [1.165, 1.54) is 0 Å². The quantitative estimate of drug-likeness (QED) is 0.678. The van der Waals surface area contributed by atoms with Gasteiger partial charge in [-0.3, -0.25) is 0 Å². The molecule has 0 aliphatic carbocycles. The van der Waals surface area contributed by atoms with Gasteiger partial charge in [0.2, 0.25) is 0 Å². The Labute approximate surface area is 126 Å². The largest absolute Gasteiger partial charge is 0.384 e. The van der Waals surface area contributed by atoms with E-state index in [2.05, 4.69) is 27.5 Å². The normalized spacial score (nSPS) is 11.1. The van der Waals surface area contributed by atoms with Gasteiger partial charge in [-0.1, -0.05) is 41.9 Å². The third-order valence-corrected chi connectivity index (χ3v) is 4.20. The number of hydrogen-bond donors (Lipinski definition) is 0. The molecular formula is C15H13ClN2OS. The second-order valence-corrected chi connectivity index (χ2v) is 5.59. The zero-order valence-electron chi connectivity index (χ0n) is 11.0. The van der Waals surface area contributed by atoms with Crippen molar-refractivity contribution in [3.05, 3.63) is 46.7 Å². The summed E-state index contributed by atoms with van der Waals surface area (Å²) in [6, 6.07) is 10.2. The molecule has 0 atom stereocenters. The Hall–Kier alpha value is -1.49. The van der Waals surface area contributed by atoms with Crippen LogP contribution in [0.25, 0.3) is 21.3 Å². The van der Waals surface area contributed by atoms with Crippen LogP contribution in [-0.4, -0.2) is 23.7 Å². The van der Waals surface area contributed by atoms with E-state index in [1.54, 1.807) is 18.4 Å². The number of methoxy groups -OCH3 is 1. The first-order valence-electron chi connectivity index (χ1n) is 6.27. The average molecular weight is 305 g/mol. The molecule has 0 fully saturated rings. The highest BCUT2D eigenvalue weighted by molar-refractivity contribution is 7.17. The van der Waals surface area contributed by atoms with Crippen LogP contribution in [-0.2, 0) is 11.2 Å². The molecule has 0 aliphatic heterocycles. The number of halogens is 1. The van der Waals surface area contributed by atoms with Crippen molar-refractivity contribution in [2.45, 2.75) is 6.42 Å². The maximum Gasteiger partial charge on any atom is 0.142 e. The highest BCUT2D eigenvalue weighted by Crippen LogP contribution is 2.36. The minimum absolute atomic E-state index is 0.515. The molecule has 3 rings (SSSR count). The third kappa shape index (κ3) is 2.54. The monoisotopic (exact) mass is 304 g/mol. The molecule has 0 radical (unpaired) electrons. The summed E-state index contributed by atoms with van der Waals surface area (Å²) < 4.78 is 5.05. The van der Waals surface area contributed by atoms with E-state index >= 15 is 0 Å². The smallest absolute Gasteiger partial charge is 0.142 e. The van der Waals surface area contributed by atoms with Gasteiger partial charge in [0, 0.05) is 24.5 Å². The van der Waals surface area contributed by atoms with E-state index in [0.29, 0.717) is 18.2 Å². The maximum atomic E-state index is 6.35. The summed E-state index contributed by atoms with van der Waals surface area (Å²) in [6.45, 7) is 0.596. The van der Waals surface area contributed by atoms with Crippen molar-refractivity contribution in [2.24, 2.45) is 0 Å². The molecule has 3 nitrogen and oxygen atoms in total. The van der Waals surface area contributed by atoms with Crippen LogP contribution >= 0.6 is 22.9 Å². The van der Waals surface area contributed by atoms with E-state index in [-0.39, 0.29) is 0 Å². The van der Waals surface area contributed by atoms with Gasteiger partial charge in [-0.25, -0.2) is 9.97 Å². The summed E-state index contributed by atoms with van der Waals surface area (Å²) in [5, 5.41) is 3.53. The number of benzene rings is 1. The minimum atomic E-state index is 0.515. The first kappa shape index (κ1) is 13.5. The van der Waals surface area contributed by atoms with Crippen LogP contribution in [0.1, 0.15) is 5.82 Å². The zero-order valence-corrected chi connectivity index (χ0v) is 12.5. The van der Waals surface area contributed by atoms with Crippen molar-refractivity contribution in [1.82, 2.24) is 9.97 Å². The van der Waals surface area contributed by atoms with Crippen LogP contribution in [0.3, 0.4) is 0 Å². The van der Waals surface area contributed by atoms with E-state index in [9.17, 15) is 0 Å². The highest BCUT2D eigenvalue weighted by atomic mass is 35.5. The van der Waals surface area contributed by atoms with Crippen LogP contribution in [0.15, 0.2) is 35.7 Å². The first-order valence-corrected chi connectivity index (χ1v) is 7.53. The fourth-order valence-electron chi connectivity index (χ4n) is 2.08. The summed E-state index contributed by atoms with van der Waals surface area (Å²) in [5.74, 6) is 0.728. The Bertz CT molecular complexity index is 727. The lowest BCUT2D eigenvalue weighted by atomic mass is 10.1. The molecule has 0 unspecified atom stereocenters. The third-order valence-electron chi connectivity index (χ3n) is 3.05. The highest BCUT2D eigenvalue weighted by Gasteiger charge is 2.13. The Morgan fingerprint density at radius 3 is 2.75 bits per heavy atom. The number of rotatable bonds is 4. The maximum absolute atomic E-state index is 6.35. The summed E-state index contributed by atoms with van der Waals surface area (Å²) in [7, 11) is 1.67. The molecule has 3 aromatic rings.